The van der Waals surface area contributed by atoms with Crippen LogP contribution in [0, 0.1) is 0 Å². The summed E-state index contributed by atoms with van der Waals surface area (Å²) in [7, 11) is 0. The lowest BCUT2D eigenvalue weighted by Crippen LogP contribution is -2.23. The lowest BCUT2D eigenvalue weighted by Gasteiger charge is -2.24. The first-order valence-electron chi connectivity index (χ1n) is 5.79. The van der Waals surface area contributed by atoms with Crippen molar-refractivity contribution >= 4 is 6.08 Å². The van der Waals surface area contributed by atoms with Gasteiger partial charge in [0.2, 0.25) is 0 Å². The summed E-state index contributed by atoms with van der Waals surface area (Å²) in [6, 6.07) is 6.27. The van der Waals surface area contributed by atoms with Crippen LogP contribution in [0.1, 0.15) is 51.7 Å². The monoisotopic (exact) mass is 218 g/mol. The summed E-state index contributed by atoms with van der Waals surface area (Å²) in [5, 5.41) is 0. The molecule has 0 fully saturated rings. The second-order valence-electron chi connectivity index (χ2n) is 5.37. The summed E-state index contributed by atoms with van der Waals surface area (Å²) in [6.07, 6.45) is 1.85. The molecule has 1 aromatic carbocycles. The van der Waals surface area contributed by atoms with Crippen molar-refractivity contribution in [3.63, 3.8) is 0 Å². The van der Waals surface area contributed by atoms with E-state index in [1.807, 2.05) is 6.08 Å². The molecular formula is C15H22O. The summed E-state index contributed by atoms with van der Waals surface area (Å²) in [5.41, 5.74) is 2.19. The zero-order valence-corrected chi connectivity index (χ0v) is 11.0. The molecule has 0 unspecified atom stereocenters. The van der Waals surface area contributed by atoms with Gasteiger partial charge in [0.1, 0.15) is 11.4 Å². The topological polar surface area (TPSA) is 9.23 Å². The van der Waals surface area contributed by atoms with Crippen LogP contribution in [-0.2, 0) is 0 Å². The molecule has 1 rings (SSSR count). The highest BCUT2D eigenvalue weighted by Gasteiger charge is 2.16. The maximum absolute atomic E-state index is 5.99. The van der Waals surface area contributed by atoms with Gasteiger partial charge >= 0.3 is 0 Å². The van der Waals surface area contributed by atoms with E-state index in [2.05, 4.69) is 59.4 Å². The highest BCUT2D eigenvalue weighted by molar-refractivity contribution is 5.52. The predicted octanol–water partition coefficient (Wildman–Crippen LogP) is 4.63. The fraction of sp³-hybridized carbons (Fsp3) is 0.467. The van der Waals surface area contributed by atoms with Crippen molar-refractivity contribution in [1.82, 2.24) is 0 Å². The van der Waals surface area contributed by atoms with Crippen molar-refractivity contribution in [2.45, 2.75) is 46.1 Å². The van der Waals surface area contributed by atoms with E-state index in [0.29, 0.717) is 5.92 Å². The Morgan fingerprint density at radius 3 is 2.31 bits per heavy atom. The van der Waals surface area contributed by atoms with Gasteiger partial charge in [-0.3, -0.25) is 0 Å². The Balaban J connectivity index is 3.15. The van der Waals surface area contributed by atoms with Gasteiger partial charge in [0.25, 0.3) is 0 Å². The number of ether oxygens (including phenoxy) is 1. The van der Waals surface area contributed by atoms with Crippen LogP contribution < -0.4 is 4.74 Å². The predicted molar refractivity (Wildman–Crippen MR) is 71.0 cm³/mol. The van der Waals surface area contributed by atoms with Crippen LogP contribution in [0.3, 0.4) is 0 Å². The Bertz CT molecular complexity index is 370. The standard InChI is InChI=1S/C15H22O/c1-7-12-8-9-13(11(2)3)14(10-12)16-15(4,5)6/h7-11H,1H2,2-6H3. The van der Waals surface area contributed by atoms with Gasteiger partial charge in [-0.25, -0.2) is 0 Å². The molecule has 0 aliphatic heterocycles. The molecule has 0 spiro atoms. The van der Waals surface area contributed by atoms with E-state index >= 15 is 0 Å². The van der Waals surface area contributed by atoms with E-state index in [1.54, 1.807) is 0 Å². The normalized spacial score (nSPS) is 11.6. The largest absolute Gasteiger partial charge is 0.488 e. The maximum atomic E-state index is 5.99. The first-order valence-corrected chi connectivity index (χ1v) is 5.79. The minimum atomic E-state index is -0.163. The molecule has 88 valence electrons. The fourth-order valence-corrected chi connectivity index (χ4v) is 1.57. The van der Waals surface area contributed by atoms with Gasteiger partial charge in [-0.05, 0) is 43.9 Å². The Morgan fingerprint density at radius 2 is 1.88 bits per heavy atom. The minimum absolute atomic E-state index is 0.163. The van der Waals surface area contributed by atoms with E-state index in [1.165, 1.54) is 5.56 Å². The molecule has 1 aromatic rings. The molecule has 0 saturated heterocycles. The van der Waals surface area contributed by atoms with E-state index < -0.39 is 0 Å². The third-order valence-electron chi connectivity index (χ3n) is 2.31. The first kappa shape index (κ1) is 12.8. The molecule has 16 heavy (non-hydrogen) atoms. The smallest absolute Gasteiger partial charge is 0.124 e. The molecule has 0 atom stereocenters. The van der Waals surface area contributed by atoms with Gasteiger partial charge in [-0.2, -0.15) is 0 Å². The van der Waals surface area contributed by atoms with Crippen LogP contribution in [0.2, 0.25) is 0 Å². The summed E-state index contributed by atoms with van der Waals surface area (Å²) < 4.78 is 5.99. The summed E-state index contributed by atoms with van der Waals surface area (Å²) in [4.78, 5) is 0. The molecule has 0 saturated carbocycles. The molecule has 0 radical (unpaired) electrons. The number of hydrogen-bond donors (Lipinski definition) is 0. The van der Waals surface area contributed by atoms with Gasteiger partial charge in [-0.15, -0.1) is 0 Å². The highest BCUT2D eigenvalue weighted by Crippen LogP contribution is 2.30. The van der Waals surface area contributed by atoms with Crippen LogP contribution in [0.4, 0.5) is 0 Å². The zero-order chi connectivity index (χ0) is 12.3. The minimum Gasteiger partial charge on any atom is -0.488 e. The molecular weight excluding hydrogens is 196 g/mol. The number of rotatable bonds is 3. The zero-order valence-electron chi connectivity index (χ0n) is 11.0. The van der Waals surface area contributed by atoms with Crippen molar-refractivity contribution in [2.24, 2.45) is 0 Å². The van der Waals surface area contributed by atoms with E-state index in [-0.39, 0.29) is 5.60 Å². The van der Waals surface area contributed by atoms with Gasteiger partial charge in [-0.1, -0.05) is 38.6 Å². The molecule has 0 aliphatic rings. The highest BCUT2D eigenvalue weighted by atomic mass is 16.5. The maximum Gasteiger partial charge on any atom is 0.124 e. The summed E-state index contributed by atoms with van der Waals surface area (Å²) >= 11 is 0. The molecule has 0 bridgehead atoms. The molecule has 1 heteroatoms. The lowest BCUT2D eigenvalue weighted by molar-refractivity contribution is 0.129. The van der Waals surface area contributed by atoms with Crippen molar-refractivity contribution < 1.29 is 4.74 Å². The Hall–Kier alpha value is -1.24. The van der Waals surface area contributed by atoms with E-state index in [9.17, 15) is 0 Å². The average Bonchev–Trinajstić information content (AvgIpc) is 2.14. The molecule has 0 aromatic heterocycles. The first-order chi connectivity index (χ1) is 7.33. The third kappa shape index (κ3) is 3.41. The van der Waals surface area contributed by atoms with Crippen LogP contribution in [0.5, 0.6) is 5.75 Å². The van der Waals surface area contributed by atoms with Crippen molar-refractivity contribution in [3.8, 4) is 5.75 Å². The van der Waals surface area contributed by atoms with E-state index in [4.69, 9.17) is 4.74 Å². The van der Waals surface area contributed by atoms with Gasteiger partial charge in [0, 0.05) is 0 Å². The van der Waals surface area contributed by atoms with Crippen LogP contribution in [-0.4, -0.2) is 5.60 Å². The molecule has 0 heterocycles. The fourth-order valence-electron chi connectivity index (χ4n) is 1.57. The van der Waals surface area contributed by atoms with Crippen LogP contribution in [0.25, 0.3) is 6.08 Å². The van der Waals surface area contributed by atoms with Crippen molar-refractivity contribution in [2.75, 3.05) is 0 Å². The molecule has 0 aliphatic carbocycles. The quantitative estimate of drug-likeness (QED) is 0.718. The number of hydrogen-bond acceptors (Lipinski definition) is 1. The lowest BCUT2D eigenvalue weighted by atomic mass is 10.00. The number of benzene rings is 1. The van der Waals surface area contributed by atoms with Crippen LogP contribution >= 0.6 is 0 Å². The van der Waals surface area contributed by atoms with Crippen molar-refractivity contribution in [1.29, 1.82) is 0 Å². The Labute approximate surface area is 99.1 Å². The Kier molecular flexibility index (Phi) is 3.79. The average molecular weight is 218 g/mol. The summed E-state index contributed by atoms with van der Waals surface area (Å²) in [6.45, 7) is 14.3. The van der Waals surface area contributed by atoms with Gasteiger partial charge in [0.05, 0.1) is 0 Å². The SMILES string of the molecule is C=Cc1ccc(C(C)C)c(OC(C)(C)C)c1. The van der Waals surface area contributed by atoms with Crippen LogP contribution in [0.15, 0.2) is 24.8 Å². The van der Waals surface area contributed by atoms with Crippen molar-refractivity contribution in [3.05, 3.63) is 35.9 Å². The van der Waals surface area contributed by atoms with E-state index in [0.717, 1.165) is 11.3 Å². The summed E-state index contributed by atoms with van der Waals surface area (Å²) in [5.74, 6) is 1.44. The third-order valence-corrected chi connectivity index (χ3v) is 2.31. The molecule has 0 N–H and O–H groups in total. The van der Waals surface area contributed by atoms with Gasteiger partial charge < -0.3 is 4.74 Å². The second kappa shape index (κ2) is 4.73. The molecule has 0 amide bonds. The Morgan fingerprint density at radius 1 is 1.25 bits per heavy atom. The second-order valence-corrected chi connectivity index (χ2v) is 5.37. The van der Waals surface area contributed by atoms with Gasteiger partial charge in [0.15, 0.2) is 0 Å². The molecule has 1 nitrogen and oxygen atoms in total.